The number of rotatable bonds is 14. The van der Waals surface area contributed by atoms with Crippen LogP contribution in [0.25, 0.3) is 0 Å². The van der Waals surface area contributed by atoms with E-state index in [1.807, 2.05) is 30.3 Å². The van der Waals surface area contributed by atoms with Crippen LogP contribution >= 0.6 is 0 Å². The average molecular weight is 373 g/mol. The second-order valence-corrected chi connectivity index (χ2v) is 6.94. The number of methoxy groups -OCH3 is 1. The number of esters is 1. The molecule has 0 radical (unpaired) electrons. The highest BCUT2D eigenvalue weighted by atomic mass is 16.6. The summed E-state index contributed by atoms with van der Waals surface area (Å²) in [6, 6.07) is 9.82. The molecule has 1 aromatic rings. The van der Waals surface area contributed by atoms with Crippen LogP contribution in [0.3, 0.4) is 0 Å². The summed E-state index contributed by atoms with van der Waals surface area (Å²) in [5.41, 5.74) is 1.04. The Bertz CT molecular complexity index is 542. The van der Waals surface area contributed by atoms with Crippen molar-refractivity contribution in [3.63, 3.8) is 0 Å². The van der Waals surface area contributed by atoms with Gasteiger partial charge in [0.1, 0.15) is 0 Å². The van der Waals surface area contributed by atoms with Gasteiger partial charge in [-0.15, -0.1) is 5.92 Å². The molecule has 0 aliphatic heterocycles. The van der Waals surface area contributed by atoms with Crippen LogP contribution in [-0.2, 0) is 20.9 Å². The number of carbonyl (C=O) groups is 1. The van der Waals surface area contributed by atoms with Crippen molar-refractivity contribution >= 4 is 5.97 Å². The van der Waals surface area contributed by atoms with Crippen molar-refractivity contribution in [1.82, 2.24) is 0 Å². The van der Waals surface area contributed by atoms with Crippen molar-refractivity contribution < 1.29 is 14.3 Å². The predicted octanol–water partition coefficient (Wildman–Crippen LogP) is 6.06. The Kier molecular flexibility index (Phi) is 14.1. The lowest BCUT2D eigenvalue weighted by Gasteiger charge is -2.13. The quantitative estimate of drug-likeness (QED) is 0.226. The average Bonchev–Trinajstić information content (AvgIpc) is 2.71. The molecule has 0 bridgehead atoms. The van der Waals surface area contributed by atoms with Gasteiger partial charge in [-0.1, -0.05) is 94.5 Å². The SMILES string of the molecule is CCCCCCCCCCCC#CCC(OCc1ccccc1)C(=O)OC. The molecule has 1 unspecified atom stereocenters. The van der Waals surface area contributed by atoms with E-state index in [0.29, 0.717) is 13.0 Å². The van der Waals surface area contributed by atoms with Crippen LogP contribution in [0.15, 0.2) is 30.3 Å². The van der Waals surface area contributed by atoms with Gasteiger partial charge in [-0.25, -0.2) is 4.79 Å². The van der Waals surface area contributed by atoms with Gasteiger partial charge in [0.15, 0.2) is 6.10 Å². The number of unbranched alkanes of at least 4 members (excludes halogenated alkanes) is 9. The lowest BCUT2D eigenvalue weighted by molar-refractivity contribution is -0.154. The first-order valence-electron chi connectivity index (χ1n) is 10.5. The fourth-order valence-electron chi connectivity index (χ4n) is 2.89. The maximum absolute atomic E-state index is 11.9. The molecule has 1 atom stereocenters. The third-order valence-electron chi connectivity index (χ3n) is 4.58. The first-order valence-corrected chi connectivity index (χ1v) is 10.5. The molecule has 0 heterocycles. The number of benzene rings is 1. The van der Waals surface area contributed by atoms with E-state index in [1.165, 1.54) is 58.5 Å². The third kappa shape index (κ3) is 12.3. The minimum absolute atomic E-state index is 0.358. The molecule has 3 heteroatoms. The summed E-state index contributed by atoms with van der Waals surface area (Å²) < 4.78 is 10.5. The van der Waals surface area contributed by atoms with Crippen molar-refractivity contribution in [2.75, 3.05) is 7.11 Å². The van der Waals surface area contributed by atoms with E-state index in [9.17, 15) is 4.79 Å². The van der Waals surface area contributed by atoms with Gasteiger partial charge in [0.25, 0.3) is 0 Å². The third-order valence-corrected chi connectivity index (χ3v) is 4.58. The Hall–Kier alpha value is -1.79. The molecule has 0 fully saturated rings. The monoisotopic (exact) mass is 372 g/mol. The van der Waals surface area contributed by atoms with Gasteiger partial charge in [0.2, 0.25) is 0 Å². The van der Waals surface area contributed by atoms with Gasteiger partial charge in [0, 0.05) is 12.8 Å². The molecule has 150 valence electrons. The Morgan fingerprint density at radius 3 is 2.19 bits per heavy atom. The summed E-state index contributed by atoms with van der Waals surface area (Å²) >= 11 is 0. The van der Waals surface area contributed by atoms with Gasteiger partial charge in [0.05, 0.1) is 13.7 Å². The second-order valence-electron chi connectivity index (χ2n) is 6.94. The van der Waals surface area contributed by atoms with E-state index in [1.54, 1.807) is 0 Å². The summed E-state index contributed by atoms with van der Waals surface area (Å²) in [5, 5.41) is 0. The topological polar surface area (TPSA) is 35.5 Å². The Balaban J connectivity index is 2.15. The minimum atomic E-state index is -0.620. The van der Waals surface area contributed by atoms with E-state index < -0.39 is 6.10 Å². The summed E-state index contributed by atoms with van der Waals surface area (Å²) in [5.74, 6) is 5.90. The van der Waals surface area contributed by atoms with Crippen molar-refractivity contribution in [1.29, 1.82) is 0 Å². The minimum Gasteiger partial charge on any atom is -0.467 e. The first-order chi connectivity index (χ1) is 13.3. The fraction of sp³-hybridized carbons (Fsp3) is 0.625. The maximum Gasteiger partial charge on any atom is 0.335 e. The van der Waals surface area contributed by atoms with Crippen LogP contribution in [0.1, 0.15) is 83.1 Å². The number of ether oxygens (including phenoxy) is 2. The molecule has 3 nitrogen and oxygen atoms in total. The largest absolute Gasteiger partial charge is 0.467 e. The molecule has 0 saturated heterocycles. The van der Waals surface area contributed by atoms with Gasteiger partial charge < -0.3 is 9.47 Å². The molecular formula is C24H36O3. The van der Waals surface area contributed by atoms with E-state index >= 15 is 0 Å². The van der Waals surface area contributed by atoms with E-state index in [0.717, 1.165) is 18.4 Å². The molecule has 1 aromatic carbocycles. The normalized spacial score (nSPS) is 11.5. The Labute approximate surface area is 165 Å². The highest BCUT2D eigenvalue weighted by Gasteiger charge is 2.18. The summed E-state index contributed by atoms with van der Waals surface area (Å²) in [7, 11) is 1.39. The summed E-state index contributed by atoms with van der Waals surface area (Å²) in [6.07, 6.45) is 12.5. The molecular weight excluding hydrogens is 336 g/mol. The van der Waals surface area contributed by atoms with Crippen LogP contribution in [0.5, 0.6) is 0 Å². The van der Waals surface area contributed by atoms with E-state index in [-0.39, 0.29) is 5.97 Å². The van der Waals surface area contributed by atoms with Crippen molar-refractivity contribution in [2.24, 2.45) is 0 Å². The van der Waals surface area contributed by atoms with Crippen LogP contribution in [0, 0.1) is 11.8 Å². The van der Waals surface area contributed by atoms with Gasteiger partial charge in [-0.05, 0) is 12.0 Å². The number of hydrogen-bond donors (Lipinski definition) is 0. The Morgan fingerprint density at radius 2 is 1.56 bits per heavy atom. The summed E-state index contributed by atoms with van der Waals surface area (Å²) in [6.45, 7) is 2.64. The zero-order valence-corrected chi connectivity index (χ0v) is 17.2. The van der Waals surface area contributed by atoms with Crippen molar-refractivity contribution in [3.05, 3.63) is 35.9 Å². The predicted molar refractivity (Wildman–Crippen MR) is 111 cm³/mol. The zero-order chi connectivity index (χ0) is 19.6. The van der Waals surface area contributed by atoms with E-state index in [2.05, 4.69) is 18.8 Å². The highest BCUT2D eigenvalue weighted by molar-refractivity contribution is 5.74. The van der Waals surface area contributed by atoms with Crippen molar-refractivity contribution in [2.45, 2.75) is 90.3 Å². The van der Waals surface area contributed by atoms with Crippen LogP contribution in [0.2, 0.25) is 0 Å². The van der Waals surface area contributed by atoms with Gasteiger partial charge in [-0.3, -0.25) is 0 Å². The molecule has 0 aliphatic rings. The van der Waals surface area contributed by atoms with Crippen LogP contribution in [0.4, 0.5) is 0 Å². The lowest BCUT2D eigenvalue weighted by atomic mass is 10.1. The van der Waals surface area contributed by atoms with Gasteiger partial charge in [-0.2, -0.15) is 0 Å². The molecule has 0 aromatic heterocycles. The first kappa shape index (κ1) is 23.2. The number of carbonyl (C=O) groups excluding carboxylic acids is 1. The molecule has 0 amide bonds. The summed E-state index contributed by atoms with van der Waals surface area (Å²) in [4.78, 5) is 11.9. The van der Waals surface area contributed by atoms with Crippen LogP contribution in [-0.4, -0.2) is 19.2 Å². The molecule has 1 rings (SSSR count). The molecule has 0 saturated carbocycles. The Morgan fingerprint density at radius 1 is 0.926 bits per heavy atom. The molecule has 27 heavy (non-hydrogen) atoms. The number of hydrogen-bond acceptors (Lipinski definition) is 3. The van der Waals surface area contributed by atoms with Gasteiger partial charge >= 0.3 is 5.97 Å². The second kappa shape index (κ2) is 16.4. The standard InChI is InChI=1S/C24H36O3/c1-3-4-5-6-7-8-9-10-11-12-13-17-20-23(24(25)26-2)27-21-22-18-15-14-16-19-22/h14-16,18-19,23H,3-12,20-21H2,1-2H3. The van der Waals surface area contributed by atoms with Crippen LogP contribution < -0.4 is 0 Å². The lowest BCUT2D eigenvalue weighted by Crippen LogP contribution is -2.25. The maximum atomic E-state index is 11.9. The molecule has 0 spiro atoms. The molecule has 0 aliphatic carbocycles. The van der Waals surface area contributed by atoms with Crippen molar-refractivity contribution in [3.8, 4) is 11.8 Å². The zero-order valence-electron chi connectivity index (χ0n) is 17.2. The highest BCUT2D eigenvalue weighted by Crippen LogP contribution is 2.10. The fourth-order valence-corrected chi connectivity index (χ4v) is 2.89. The van der Waals surface area contributed by atoms with E-state index in [4.69, 9.17) is 9.47 Å². The smallest absolute Gasteiger partial charge is 0.335 e. The molecule has 0 N–H and O–H groups in total.